The topological polar surface area (TPSA) is 73.8 Å². The molecular weight excluding hydrogens is 438 g/mol. The number of hydrogen-bond acceptors (Lipinski definition) is 7. The molecular formula is C25H33N3O4S. The van der Waals surface area contributed by atoms with Crippen molar-refractivity contribution in [1.29, 1.82) is 0 Å². The van der Waals surface area contributed by atoms with E-state index in [9.17, 15) is 4.79 Å². The smallest absolute Gasteiger partial charge is 0.410 e. The zero-order valence-corrected chi connectivity index (χ0v) is 20.7. The van der Waals surface area contributed by atoms with E-state index in [1.54, 1.807) is 22.6 Å². The summed E-state index contributed by atoms with van der Waals surface area (Å²) in [5, 5.41) is 1.04. The first-order valence-corrected chi connectivity index (χ1v) is 12.5. The lowest BCUT2D eigenvalue weighted by atomic mass is 9.92. The van der Waals surface area contributed by atoms with E-state index in [0.29, 0.717) is 25.0 Å². The Hall–Kier alpha value is -2.37. The van der Waals surface area contributed by atoms with Crippen LogP contribution in [0.2, 0.25) is 0 Å². The van der Waals surface area contributed by atoms with E-state index < -0.39 is 5.60 Å². The maximum absolute atomic E-state index is 12.4. The summed E-state index contributed by atoms with van der Waals surface area (Å²) in [5.41, 5.74) is 0.787. The normalized spacial score (nSPS) is 22.6. The minimum Gasteiger partial charge on any atom is -0.474 e. The predicted molar refractivity (Wildman–Crippen MR) is 129 cm³/mol. The Balaban J connectivity index is 1.42. The van der Waals surface area contributed by atoms with Gasteiger partial charge in [-0.3, -0.25) is 0 Å². The fourth-order valence-corrected chi connectivity index (χ4v) is 5.98. The van der Waals surface area contributed by atoms with Gasteiger partial charge in [0.2, 0.25) is 5.88 Å². The van der Waals surface area contributed by atoms with Gasteiger partial charge >= 0.3 is 6.09 Å². The van der Waals surface area contributed by atoms with Crippen molar-refractivity contribution in [2.75, 3.05) is 20.3 Å². The van der Waals surface area contributed by atoms with E-state index in [1.165, 1.54) is 10.4 Å². The second-order valence-corrected chi connectivity index (χ2v) is 11.0. The lowest BCUT2D eigenvalue weighted by molar-refractivity contribution is 0.0137. The number of amides is 1. The van der Waals surface area contributed by atoms with Crippen LogP contribution in [0.15, 0.2) is 6.33 Å². The standard InChI is InChI=1S/C25H33N3O4S/c1-6-13-30-14-16-7-12-19-20(16)21-22(26-15-27-23(21)33-19)31-18-10-8-17(9-11-18)28(5)24(29)32-25(2,3)4/h1,15-18H,7-14H2,2-5H3. The van der Waals surface area contributed by atoms with Crippen molar-refractivity contribution in [1.82, 2.24) is 14.9 Å². The molecule has 2 aromatic rings. The van der Waals surface area contributed by atoms with Crippen LogP contribution in [-0.2, 0) is 15.9 Å². The molecule has 1 saturated carbocycles. The molecule has 8 heteroatoms. The molecule has 0 radical (unpaired) electrons. The van der Waals surface area contributed by atoms with Crippen LogP contribution < -0.4 is 4.74 Å². The monoisotopic (exact) mass is 471 g/mol. The summed E-state index contributed by atoms with van der Waals surface area (Å²) < 4.78 is 17.6. The molecule has 0 aliphatic heterocycles. The van der Waals surface area contributed by atoms with Crippen LogP contribution in [0.3, 0.4) is 0 Å². The van der Waals surface area contributed by atoms with Crippen molar-refractivity contribution >= 4 is 27.6 Å². The molecule has 178 valence electrons. The van der Waals surface area contributed by atoms with Crippen molar-refractivity contribution in [2.45, 2.75) is 83.0 Å². The molecule has 2 aromatic heterocycles. The summed E-state index contributed by atoms with van der Waals surface area (Å²) in [6.07, 6.45) is 12.3. The number of hydrogen-bond donors (Lipinski definition) is 0. The maximum Gasteiger partial charge on any atom is 0.410 e. The molecule has 2 heterocycles. The van der Waals surface area contributed by atoms with Gasteiger partial charge in [0.25, 0.3) is 0 Å². The van der Waals surface area contributed by atoms with Crippen molar-refractivity contribution < 1.29 is 19.0 Å². The number of aromatic nitrogens is 2. The number of ether oxygens (including phenoxy) is 3. The minimum atomic E-state index is -0.492. The van der Waals surface area contributed by atoms with Gasteiger partial charge in [-0.15, -0.1) is 17.8 Å². The first kappa shape index (κ1) is 23.8. The number of nitrogens with zero attached hydrogens (tertiary/aromatic N) is 3. The van der Waals surface area contributed by atoms with E-state index in [-0.39, 0.29) is 18.2 Å². The highest BCUT2D eigenvalue weighted by molar-refractivity contribution is 7.19. The Morgan fingerprint density at radius 2 is 2.00 bits per heavy atom. The fourth-order valence-electron chi connectivity index (χ4n) is 4.75. The summed E-state index contributed by atoms with van der Waals surface area (Å²) in [7, 11) is 1.82. The van der Waals surface area contributed by atoms with E-state index in [0.717, 1.165) is 48.7 Å². The average molecular weight is 472 g/mol. The van der Waals surface area contributed by atoms with Crippen molar-refractivity contribution in [2.24, 2.45) is 0 Å². The van der Waals surface area contributed by atoms with Gasteiger partial charge in [-0.05, 0) is 64.9 Å². The molecule has 4 rings (SSSR count). The van der Waals surface area contributed by atoms with Crippen LogP contribution in [-0.4, -0.2) is 59.0 Å². The number of carbonyl (C=O) groups excluding carboxylic acids is 1. The van der Waals surface area contributed by atoms with Crippen LogP contribution in [0.4, 0.5) is 4.79 Å². The number of aryl methyl sites for hydroxylation is 1. The zero-order chi connectivity index (χ0) is 23.6. The highest BCUT2D eigenvalue weighted by Gasteiger charge is 2.33. The molecule has 0 saturated heterocycles. The molecule has 1 fully saturated rings. The molecule has 0 N–H and O–H groups in total. The lowest BCUT2D eigenvalue weighted by Gasteiger charge is -2.35. The Labute approximate surface area is 199 Å². The number of fused-ring (bicyclic) bond motifs is 3. The second-order valence-electron chi connectivity index (χ2n) is 9.89. The van der Waals surface area contributed by atoms with E-state index >= 15 is 0 Å². The van der Waals surface area contributed by atoms with E-state index in [2.05, 4.69) is 15.9 Å². The molecule has 7 nitrogen and oxygen atoms in total. The largest absolute Gasteiger partial charge is 0.474 e. The van der Waals surface area contributed by atoms with Crippen LogP contribution >= 0.6 is 11.3 Å². The van der Waals surface area contributed by atoms with E-state index in [1.807, 2.05) is 27.8 Å². The molecule has 2 aliphatic rings. The molecule has 2 aliphatic carbocycles. The van der Waals surface area contributed by atoms with Gasteiger partial charge in [0.15, 0.2) is 0 Å². The molecule has 1 unspecified atom stereocenters. The van der Waals surface area contributed by atoms with Crippen LogP contribution in [0.25, 0.3) is 10.2 Å². The molecule has 33 heavy (non-hydrogen) atoms. The molecule has 0 bridgehead atoms. The number of carbonyl (C=O) groups is 1. The van der Waals surface area contributed by atoms with E-state index in [4.69, 9.17) is 20.6 Å². The third-order valence-corrected chi connectivity index (χ3v) is 7.52. The SMILES string of the molecule is C#CCOCC1CCc2sc3ncnc(OC4CCC(N(C)C(=O)OC(C)(C)C)CC4)c3c21. The van der Waals surface area contributed by atoms with Gasteiger partial charge in [0, 0.05) is 23.9 Å². The number of rotatable bonds is 6. The summed E-state index contributed by atoms with van der Waals surface area (Å²) in [6.45, 7) is 6.60. The Morgan fingerprint density at radius 3 is 2.70 bits per heavy atom. The lowest BCUT2D eigenvalue weighted by Crippen LogP contribution is -2.43. The Bertz CT molecular complexity index is 1030. The molecule has 0 spiro atoms. The third kappa shape index (κ3) is 5.42. The maximum atomic E-state index is 12.4. The average Bonchev–Trinajstić information content (AvgIpc) is 3.33. The van der Waals surface area contributed by atoms with Gasteiger partial charge < -0.3 is 19.1 Å². The third-order valence-electron chi connectivity index (χ3n) is 6.35. The quantitative estimate of drug-likeness (QED) is 0.439. The summed E-state index contributed by atoms with van der Waals surface area (Å²) in [6, 6.07) is 0.160. The summed E-state index contributed by atoms with van der Waals surface area (Å²) in [4.78, 5) is 25.5. The zero-order valence-electron chi connectivity index (χ0n) is 19.9. The van der Waals surface area contributed by atoms with Crippen molar-refractivity contribution in [3.8, 4) is 18.2 Å². The Kier molecular flexibility index (Phi) is 7.10. The van der Waals surface area contributed by atoms with Crippen molar-refractivity contribution in [3.05, 3.63) is 16.8 Å². The van der Waals surface area contributed by atoms with Crippen LogP contribution in [0.5, 0.6) is 5.88 Å². The Morgan fingerprint density at radius 1 is 1.24 bits per heavy atom. The number of thiophene rings is 1. The van der Waals surface area contributed by atoms with Gasteiger partial charge in [0.1, 0.15) is 29.5 Å². The molecule has 1 atom stereocenters. The van der Waals surface area contributed by atoms with Gasteiger partial charge in [-0.2, -0.15) is 0 Å². The highest BCUT2D eigenvalue weighted by atomic mass is 32.1. The second kappa shape index (κ2) is 9.86. The first-order chi connectivity index (χ1) is 15.8. The summed E-state index contributed by atoms with van der Waals surface area (Å²) >= 11 is 1.73. The highest BCUT2D eigenvalue weighted by Crippen LogP contribution is 2.46. The number of terminal acetylenes is 1. The van der Waals surface area contributed by atoms with Crippen LogP contribution in [0, 0.1) is 12.3 Å². The van der Waals surface area contributed by atoms with Gasteiger partial charge in [-0.25, -0.2) is 14.8 Å². The molecule has 0 aromatic carbocycles. The fraction of sp³-hybridized carbons (Fsp3) is 0.640. The van der Waals surface area contributed by atoms with Crippen molar-refractivity contribution in [3.63, 3.8) is 0 Å². The molecule has 1 amide bonds. The summed E-state index contributed by atoms with van der Waals surface area (Å²) in [5.74, 6) is 3.51. The first-order valence-electron chi connectivity index (χ1n) is 11.7. The minimum absolute atomic E-state index is 0.0690. The van der Waals surface area contributed by atoms with Gasteiger partial charge in [-0.1, -0.05) is 5.92 Å². The van der Waals surface area contributed by atoms with Gasteiger partial charge in [0.05, 0.1) is 12.0 Å². The van der Waals surface area contributed by atoms with Crippen LogP contribution in [0.1, 0.15) is 69.2 Å². The predicted octanol–water partition coefficient (Wildman–Crippen LogP) is 4.93.